The lowest BCUT2D eigenvalue weighted by atomic mass is 10.1. The van der Waals surface area contributed by atoms with E-state index in [1.807, 2.05) is 0 Å². The van der Waals surface area contributed by atoms with Crippen LogP contribution in [0.4, 0.5) is 0 Å². The Morgan fingerprint density at radius 3 is 3.06 bits per heavy atom. The van der Waals surface area contributed by atoms with Crippen LogP contribution in [-0.4, -0.2) is 21.3 Å². The molecule has 0 saturated heterocycles. The lowest BCUT2D eigenvalue weighted by molar-refractivity contribution is 0.0694. The highest BCUT2D eigenvalue weighted by Gasteiger charge is 2.22. The van der Waals surface area contributed by atoms with Gasteiger partial charge in [0.2, 0.25) is 0 Å². The summed E-state index contributed by atoms with van der Waals surface area (Å²) in [4.78, 5) is 24.9. The van der Waals surface area contributed by atoms with E-state index in [9.17, 15) is 9.59 Å². The van der Waals surface area contributed by atoms with Crippen molar-refractivity contribution in [2.45, 2.75) is 30.0 Å². The summed E-state index contributed by atoms with van der Waals surface area (Å²) in [5.74, 6) is -1.17. The van der Waals surface area contributed by atoms with Gasteiger partial charge in [-0.1, -0.05) is 17.7 Å². The Morgan fingerprint density at radius 2 is 2.44 bits per heavy atom. The molecule has 16 heavy (non-hydrogen) atoms. The van der Waals surface area contributed by atoms with Crippen molar-refractivity contribution in [1.82, 2.24) is 4.98 Å². The molecule has 1 atom stereocenters. The molecule has 0 fully saturated rings. The molecule has 1 aliphatic rings. The van der Waals surface area contributed by atoms with Crippen molar-refractivity contribution >= 4 is 27.6 Å². The Labute approximate surface area is 100 Å². The quantitative estimate of drug-likeness (QED) is 0.794. The third-order valence-corrected chi connectivity index (χ3v) is 5.49. The van der Waals surface area contributed by atoms with Crippen molar-refractivity contribution in [1.29, 1.82) is 0 Å². The highest BCUT2D eigenvalue weighted by Crippen LogP contribution is 2.42. The van der Waals surface area contributed by atoms with Gasteiger partial charge in [-0.25, -0.2) is 4.79 Å². The zero-order valence-electron chi connectivity index (χ0n) is 8.65. The highest BCUT2D eigenvalue weighted by atomic mass is 33.1. The van der Waals surface area contributed by atoms with E-state index in [1.165, 1.54) is 16.9 Å². The maximum atomic E-state index is 11.4. The van der Waals surface area contributed by atoms with Gasteiger partial charge in [0.05, 0.1) is 5.03 Å². The topological polar surface area (TPSA) is 70.2 Å². The van der Waals surface area contributed by atoms with E-state index in [0.29, 0.717) is 5.25 Å². The van der Waals surface area contributed by atoms with E-state index in [1.54, 1.807) is 10.8 Å². The first kappa shape index (κ1) is 11.6. The molecule has 2 rings (SSSR count). The van der Waals surface area contributed by atoms with Crippen LogP contribution in [0, 0.1) is 0 Å². The molecule has 0 aliphatic carbocycles. The third kappa shape index (κ3) is 2.12. The van der Waals surface area contributed by atoms with Crippen LogP contribution in [0.2, 0.25) is 0 Å². The monoisotopic (exact) mass is 257 g/mol. The van der Waals surface area contributed by atoms with Gasteiger partial charge in [-0.2, -0.15) is 0 Å². The molecule has 1 aromatic rings. The first-order chi connectivity index (χ1) is 7.61. The molecule has 1 aliphatic heterocycles. The fourth-order valence-corrected chi connectivity index (χ4v) is 4.30. The summed E-state index contributed by atoms with van der Waals surface area (Å²) in [7, 11) is 3.25. The second-order valence-corrected chi connectivity index (χ2v) is 6.10. The van der Waals surface area contributed by atoms with E-state index in [0.717, 1.165) is 23.4 Å². The van der Waals surface area contributed by atoms with Gasteiger partial charge < -0.3 is 10.1 Å². The number of rotatable bonds is 2. The fourth-order valence-electron chi connectivity index (χ4n) is 1.55. The highest BCUT2D eigenvalue weighted by molar-refractivity contribution is 8.77. The SMILES string of the molecule is CCC1Cc2cc(C(=O)O)c(=O)[nH]c2SS1. The van der Waals surface area contributed by atoms with Crippen LogP contribution in [-0.2, 0) is 6.42 Å². The molecular weight excluding hydrogens is 246 g/mol. The molecule has 1 aromatic heterocycles. The summed E-state index contributed by atoms with van der Waals surface area (Å²) < 4.78 is 0. The molecule has 86 valence electrons. The Kier molecular flexibility index (Phi) is 3.30. The van der Waals surface area contributed by atoms with Crippen molar-refractivity contribution in [3.8, 4) is 0 Å². The van der Waals surface area contributed by atoms with Crippen LogP contribution in [0.25, 0.3) is 0 Å². The Hall–Kier alpha value is -0.880. The molecule has 0 saturated carbocycles. The fraction of sp³-hybridized carbons (Fsp3) is 0.400. The van der Waals surface area contributed by atoms with Gasteiger partial charge in [-0.05, 0) is 35.3 Å². The number of aromatic nitrogens is 1. The van der Waals surface area contributed by atoms with Gasteiger partial charge in [-0.15, -0.1) is 0 Å². The number of fused-ring (bicyclic) bond motifs is 1. The lowest BCUT2D eigenvalue weighted by Crippen LogP contribution is -2.21. The molecule has 1 unspecified atom stereocenters. The van der Waals surface area contributed by atoms with Crippen molar-refractivity contribution < 1.29 is 9.90 Å². The van der Waals surface area contributed by atoms with Crippen molar-refractivity contribution in [3.05, 3.63) is 27.5 Å². The summed E-state index contributed by atoms with van der Waals surface area (Å²) in [6.45, 7) is 2.10. The summed E-state index contributed by atoms with van der Waals surface area (Å²) in [6, 6.07) is 1.51. The van der Waals surface area contributed by atoms with E-state index in [-0.39, 0.29) is 5.56 Å². The first-order valence-electron chi connectivity index (χ1n) is 4.94. The number of nitrogens with one attached hydrogen (secondary N) is 1. The van der Waals surface area contributed by atoms with Crippen molar-refractivity contribution in [2.24, 2.45) is 0 Å². The van der Waals surface area contributed by atoms with Gasteiger partial charge in [-0.3, -0.25) is 4.79 Å². The van der Waals surface area contributed by atoms with E-state index >= 15 is 0 Å². The smallest absolute Gasteiger partial charge is 0.341 e. The molecule has 2 N–H and O–H groups in total. The summed E-state index contributed by atoms with van der Waals surface area (Å²) >= 11 is 0. The largest absolute Gasteiger partial charge is 0.477 e. The van der Waals surface area contributed by atoms with E-state index < -0.39 is 11.5 Å². The summed E-state index contributed by atoms with van der Waals surface area (Å²) in [5, 5.41) is 10.1. The molecule has 0 amide bonds. The van der Waals surface area contributed by atoms with Crippen molar-refractivity contribution in [3.63, 3.8) is 0 Å². The lowest BCUT2D eigenvalue weighted by Gasteiger charge is -2.21. The number of hydrogen-bond donors (Lipinski definition) is 2. The zero-order valence-corrected chi connectivity index (χ0v) is 10.3. The van der Waals surface area contributed by atoms with Gasteiger partial charge >= 0.3 is 5.97 Å². The van der Waals surface area contributed by atoms with Gasteiger partial charge in [0.25, 0.3) is 5.56 Å². The molecule has 4 nitrogen and oxygen atoms in total. The number of H-pyrrole nitrogens is 1. The van der Waals surface area contributed by atoms with Crippen molar-refractivity contribution in [2.75, 3.05) is 0 Å². The number of hydrogen-bond acceptors (Lipinski definition) is 4. The number of carbonyl (C=O) groups is 1. The Balaban J connectivity index is 2.44. The number of aromatic amines is 1. The minimum Gasteiger partial charge on any atom is -0.477 e. The van der Waals surface area contributed by atoms with Crippen LogP contribution in [0.5, 0.6) is 0 Å². The predicted molar refractivity (Wildman–Crippen MR) is 65.3 cm³/mol. The van der Waals surface area contributed by atoms with Gasteiger partial charge in [0.1, 0.15) is 5.56 Å². The van der Waals surface area contributed by atoms with Gasteiger partial charge in [0.15, 0.2) is 0 Å². The molecule has 0 bridgehead atoms. The zero-order chi connectivity index (χ0) is 11.7. The molecule has 6 heteroatoms. The minimum atomic E-state index is -1.17. The standard InChI is InChI=1S/C10H11NO3S2/c1-2-6-3-5-4-7(10(13)14)8(12)11-9(5)16-15-6/h4,6H,2-3H2,1H3,(H,11,12)(H,13,14). The van der Waals surface area contributed by atoms with E-state index in [2.05, 4.69) is 11.9 Å². The van der Waals surface area contributed by atoms with Gasteiger partial charge in [0, 0.05) is 5.25 Å². The third-order valence-electron chi connectivity index (χ3n) is 2.48. The first-order valence-corrected chi connectivity index (χ1v) is 7.16. The second-order valence-electron chi connectivity index (χ2n) is 3.59. The summed E-state index contributed by atoms with van der Waals surface area (Å²) in [6.07, 6.45) is 1.86. The average molecular weight is 257 g/mol. The second kappa shape index (κ2) is 4.55. The average Bonchev–Trinajstić information content (AvgIpc) is 2.27. The number of pyridine rings is 1. The van der Waals surface area contributed by atoms with E-state index in [4.69, 9.17) is 5.11 Å². The van der Waals surface area contributed by atoms with Crippen LogP contribution in [0.15, 0.2) is 15.9 Å². The molecule has 0 aromatic carbocycles. The van der Waals surface area contributed by atoms with Crippen LogP contribution >= 0.6 is 21.6 Å². The number of carboxylic acid groups (broad SMARTS) is 1. The number of aromatic carboxylic acids is 1. The Morgan fingerprint density at radius 1 is 1.69 bits per heavy atom. The van der Waals surface area contributed by atoms with Crippen LogP contribution < -0.4 is 5.56 Å². The Bertz CT molecular complexity index is 483. The predicted octanol–water partition coefficient (Wildman–Crippen LogP) is 2.15. The maximum absolute atomic E-state index is 11.4. The molecule has 0 spiro atoms. The molecule has 2 heterocycles. The minimum absolute atomic E-state index is 0.166. The molecule has 0 radical (unpaired) electrons. The van der Waals surface area contributed by atoms with Crippen LogP contribution in [0.3, 0.4) is 0 Å². The number of carboxylic acids is 1. The van der Waals surface area contributed by atoms with Crippen LogP contribution in [0.1, 0.15) is 29.3 Å². The summed E-state index contributed by atoms with van der Waals surface area (Å²) in [5.41, 5.74) is 0.253. The maximum Gasteiger partial charge on any atom is 0.341 e. The normalized spacial score (nSPS) is 19.2. The molecular formula is C10H11NO3S2.